The molecule has 4 nitrogen and oxygen atoms in total. The number of piperidine rings is 2. The quantitative estimate of drug-likeness (QED) is 0.805. The number of fused-ring (bicyclic) bond motifs is 1. The first-order chi connectivity index (χ1) is 12.8. The van der Waals surface area contributed by atoms with E-state index in [1.807, 2.05) is 11.3 Å². The predicted molar refractivity (Wildman–Crippen MR) is 108 cm³/mol. The van der Waals surface area contributed by atoms with Crippen molar-refractivity contribution in [1.29, 1.82) is 0 Å². The number of carbonyl (C=O) groups excluding carboxylic acids is 1. The van der Waals surface area contributed by atoms with Gasteiger partial charge >= 0.3 is 0 Å². The molecule has 2 aliphatic rings. The van der Waals surface area contributed by atoms with E-state index in [9.17, 15) is 4.79 Å². The van der Waals surface area contributed by atoms with E-state index in [0.717, 1.165) is 57.4 Å². The predicted octanol–water partition coefficient (Wildman–Crippen LogP) is 4.27. The zero-order valence-corrected chi connectivity index (χ0v) is 16.5. The normalized spacial score (nSPS) is 22.8. The standard InChI is InChI=1S/C21H29N3OS/c1-2-12-23-13-6-5-8-18(23)21(25)24-14-10-16(11-15-24)20-22-17-7-3-4-9-19(17)26-20/h3-4,7,9,16,18H,2,5-6,8,10-15H2,1H3. The molecule has 0 saturated carbocycles. The van der Waals surface area contributed by atoms with Crippen molar-refractivity contribution in [3.63, 3.8) is 0 Å². The van der Waals surface area contributed by atoms with E-state index in [1.165, 1.54) is 22.5 Å². The summed E-state index contributed by atoms with van der Waals surface area (Å²) in [7, 11) is 0. The molecule has 26 heavy (non-hydrogen) atoms. The van der Waals surface area contributed by atoms with Crippen LogP contribution in [0.3, 0.4) is 0 Å². The summed E-state index contributed by atoms with van der Waals surface area (Å²) in [5, 5.41) is 1.25. The molecule has 1 unspecified atom stereocenters. The zero-order valence-electron chi connectivity index (χ0n) is 15.7. The number of aromatic nitrogens is 1. The highest BCUT2D eigenvalue weighted by molar-refractivity contribution is 7.18. The van der Waals surface area contributed by atoms with Gasteiger partial charge in [0.05, 0.1) is 21.3 Å². The molecule has 0 bridgehead atoms. The number of hydrogen-bond donors (Lipinski definition) is 0. The maximum absolute atomic E-state index is 13.1. The van der Waals surface area contributed by atoms with Crippen molar-refractivity contribution in [2.24, 2.45) is 0 Å². The SMILES string of the molecule is CCCN1CCCCC1C(=O)N1CCC(c2nc3ccccc3s2)CC1. The van der Waals surface area contributed by atoms with Crippen LogP contribution in [0.5, 0.6) is 0 Å². The number of likely N-dealkylation sites (tertiary alicyclic amines) is 2. The lowest BCUT2D eigenvalue weighted by Gasteiger charge is -2.39. The van der Waals surface area contributed by atoms with Gasteiger partial charge < -0.3 is 4.90 Å². The van der Waals surface area contributed by atoms with Gasteiger partial charge in [-0.05, 0) is 57.3 Å². The molecule has 2 fully saturated rings. The molecule has 1 aromatic heterocycles. The minimum absolute atomic E-state index is 0.128. The van der Waals surface area contributed by atoms with Crippen LogP contribution in [-0.2, 0) is 4.79 Å². The Morgan fingerprint density at radius 3 is 2.73 bits per heavy atom. The van der Waals surface area contributed by atoms with Crippen LogP contribution in [0.25, 0.3) is 10.2 Å². The van der Waals surface area contributed by atoms with Crippen LogP contribution in [0.15, 0.2) is 24.3 Å². The van der Waals surface area contributed by atoms with Crippen molar-refractivity contribution < 1.29 is 4.79 Å². The highest BCUT2D eigenvalue weighted by atomic mass is 32.1. The van der Waals surface area contributed by atoms with E-state index in [-0.39, 0.29) is 6.04 Å². The second-order valence-corrected chi connectivity index (χ2v) is 8.73. The number of para-hydroxylation sites is 1. The highest BCUT2D eigenvalue weighted by Crippen LogP contribution is 2.34. The van der Waals surface area contributed by atoms with Crippen LogP contribution in [0.4, 0.5) is 0 Å². The van der Waals surface area contributed by atoms with Gasteiger partial charge in [0.2, 0.25) is 5.91 Å². The Kier molecular flexibility index (Phi) is 5.55. The first kappa shape index (κ1) is 17.9. The highest BCUT2D eigenvalue weighted by Gasteiger charge is 2.33. The van der Waals surface area contributed by atoms with Gasteiger partial charge in [-0.3, -0.25) is 9.69 Å². The van der Waals surface area contributed by atoms with Crippen LogP contribution in [0, 0.1) is 0 Å². The summed E-state index contributed by atoms with van der Waals surface area (Å²) in [4.78, 5) is 22.5. The van der Waals surface area contributed by atoms with Crippen molar-refractivity contribution in [1.82, 2.24) is 14.8 Å². The fourth-order valence-electron chi connectivity index (χ4n) is 4.45. The summed E-state index contributed by atoms with van der Waals surface area (Å²) in [6, 6.07) is 8.51. The molecule has 3 heterocycles. The number of nitrogens with zero attached hydrogens (tertiary/aromatic N) is 3. The molecular formula is C21H29N3OS. The van der Waals surface area contributed by atoms with Gasteiger partial charge in [0.15, 0.2) is 0 Å². The molecule has 4 rings (SSSR count). The van der Waals surface area contributed by atoms with Crippen LogP contribution >= 0.6 is 11.3 Å². The molecule has 0 aliphatic carbocycles. The molecular weight excluding hydrogens is 342 g/mol. The fraction of sp³-hybridized carbons (Fsp3) is 0.619. The molecule has 2 aromatic rings. The average Bonchev–Trinajstić information content (AvgIpc) is 3.12. The van der Waals surface area contributed by atoms with Gasteiger partial charge in [0.1, 0.15) is 0 Å². The minimum atomic E-state index is 0.128. The summed E-state index contributed by atoms with van der Waals surface area (Å²) in [6.45, 7) is 6.12. The Bertz CT molecular complexity index is 716. The fourth-order valence-corrected chi connectivity index (χ4v) is 5.58. The van der Waals surface area contributed by atoms with E-state index in [0.29, 0.717) is 11.8 Å². The number of rotatable bonds is 4. The van der Waals surface area contributed by atoms with Crippen molar-refractivity contribution >= 4 is 27.5 Å². The monoisotopic (exact) mass is 371 g/mol. The lowest BCUT2D eigenvalue weighted by molar-refractivity contribution is -0.139. The van der Waals surface area contributed by atoms with Gasteiger partial charge in [-0.15, -0.1) is 11.3 Å². The molecule has 0 spiro atoms. The molecule has 2 aliphatic heterocycles. The van der Waals surface area contributed by atoms with E-state index in [2.05, 4.69) is 41.0 Å². The molecule has 1 atom stereocenters. The first-order valence-electron chi connectivity index (χ1n) is 10.1. The van der Waals surface area contributed by atoms with E-state index in [4.69, 9.17) is 4.98 Å². The van der Waals surface area contributed by atoms with Gasteiger partial charge in [-0.2, -0.15) is 0 Å². The van der Waals surface area contributed by atoms with Crippen molar-refractivity contribution in [3.8, 4) is 0 Å². The Balaban J connectivity index is 1.38. The third kappa shape index (κ3) is 3.65. The summed E-state index contributed by atoms with van der Waals surface area (Å²) in [5.74, 6) is 0.885. The van der Waals surface area contributed by atoms with E-state index < -0.39 is 0 Å². The number of hydrogen-bond acceptors (Lipinski definition) is 4. The van der Waals surface area contributed by atoms with Gasteiger partial charge in [0, 0.05) is 19.0 Å². The third-order valence-electron chi connectivity index (χ3n) is 5.88. The smallest absolute Gasteiger partial charge is 0.239 e. The molecule has 0 radical (unpaired) electrons. The van der Waals surface area contributed by atoms with Crippen LogP contribution in [-0.4, -0.2) is 52.9 Å². The Hall–Kier alpha value is -1.46. The summed E-state index contributed by atoms with van der Waals surface area (Å²) >= 11 is 1.83. The van der Waals surface area contributed by atoms with Gasteiger partial charge in [-0.25, -0.2) is 4.98 Å². The maximum Gasteiger partial charge on any atom is 0.239 e. The molecule has 0 N–H and O–H groups in total. The number of amides is 1. The minimum Gasteiger partial charge on any atom is -0.341 e. The average molecular weight is 372 g/mol. The lowest BCUT2D eigenvalue weighted by atomic mass is 9.95. The van der Waals surface area contributed by atoms with Crippen LogP contribution in [0.1, 0.15) is 56.4 Å². The molecule has 140 valence electrons. The van der Waals surface area contributed by atoms with Crippen molar-refractivity contribution in [2.75, 3.05) is 26.2 Å². The first-order valence-corrected chi connectivity index (χ1v) is 11.0. The second kappa shape index (κ2) is 8.05. The van der Waals surface area contributed by atoms with Crippen molar-refractivity contribution in [3.05, 3.63) is 29.3 Å². The number of carbonyl (C=O) groups is 1. The topological polar surface area (TPSA) is 36.4 Å². The molecule has 2 saturated heterocycles. The second-order valence-electron chi connectivity index (χ2n) is 7.67. The molecule has 5 heteroatoms. The molecule has 1 aromatic carbocycles. The van der Waals surface area contributed by atoms with Gasteiger partial charge in [-0.1, -0.05) is 25.5 Å². The molecule has 1 amide bonds. The van der Waals surface area contributed by atoms with Crippen molar-refractivity contribution in [2.45, 2.75) is 57.4 Å². The lowest BCUT2D eigenvalue weighted by Crippen LogP contribution is -2.52. The largest absolute Gasteiger partial charge is 0.341 e. The summed E-state index contributed by atoms with van der Waals surface area (Å²) in [5.41, 5.74) is 1.11. The summed E-state index contributed by atoms with van der Waals surface area (Å²) in [6.07, 6.45) is 6.69. The van der Waals surface area contributed by atoms with Gasteiger partial charge in [0.25, 0.3) is 0 Å². The number of thiazole rings is 1. The Morgan fingerprint density at radius 2 is 1.96 bits per heavy atom. The zero-order chi connectivity index (χ0) is 17.9. The Morgan fingerprint density at radius 1 is 1.15 bits per heavy atom. The third-order valence-corrected chi connectivity index (χ3v) is 7.07. The van der Waals surface area contributed by atoms with E-state index in [1.54, 1.807) is 0 Å². The van der Waals surface area contributed by atoms with Crippen LogP contribution < -0.4 is 0 Å². The Labute approximate surface area is 160 Å². The maximum atomic E-state index is 13.1. The van der Waals surface area contributed by atoms with E-state index >= 15 is 0 Å². The number of benzene rings is 1. The summed E-state index contributed by atoms with van der Waals surface area (Å²) < 4.78 is 1.28. The van der Waals surface area contributed by atoms with Crippen LogP contribution in [0.2, 0.25) is 0 Å².